The van der Waals surface area contributed by atoms with Crippen molar-refractivity contribution in [2.45, 2.75) is 11.8 Å². The first kappa shape index (κ1) is 22.1. The van der Waals surface area contributed by atoms with Gasteiger partial charge in [0.1, 0.15) is 5.75 Å². The fraction of sp³-hybridized carbons (Fsp3) is 0.0909. The van der Waals surface area contributed by atoms with Crippen LogP contribution in [0.4, 0.5) is 10.8 Å². The summed E-state index contributed by atoms with van der Waals surface area (Å²) in [5.41, 5.74) is 2.42. The molecule has 1 aromatic heterocycles. The van der Waals surface area contributed by atoms with Crippen molar-refractivity contribution >= 4 is 59.9 Å². The van der Waals surface area contributed by atoms with Gasteiger partial charge in [-0.3, -0.25) is 14.8 Å². The first-order valence-corrected chi connectivity index (χ1v) is 12.1. The van der Waals surface area contributed by atoms with Crippen LogP contribution in [-0.4, -0.2) is 26.4 Å². The molecule has 0 aliphatic carbocycles. The number of sulfonamides is 1. The predicted octanol–water partition coefficient (Wildman–Crippen LogP) is 5.32. The maximum Gasteiger partial charge on any atom is 0.261 e. The smallest absolute Gasteiger partial charge is 0.261 e. The van der Waals surface area contributed by atoms with Crippen molar-refractivity contribution in [3.63, 3.8) is 0 Å². The van der Waals surface area contributed by atoms with Crippen LogP contribution in [0.25, 0.3) is 10.2 Å². The van der Waals surface area contributed by atoms with Crippen LogP contribution in [0, 0.1) is 6.92 Å². The third kappa shape index (κ3) is 4.69. The van der Waals surface area contributed by atoms with Crippen LogP contribution >= 0.6 is 22.9 Å². The second-order valence-electron chi connectivity index (χ2n) is 6.90. The summed E-state index contributed by atoms with van der Waals surface area (Å²) in [5, 5.41) is 3.85. The minimum absolute atomic E-state index is 0.103. The van der Waals surface area contributed by atoms with Crippen LogP contribution in [-0.2, 0) is 10.0 Å². The molecule has 10 heteroatoms. The number of benzene rings is 3. The third-order valence-corrected chi connectivity index (χ3v) is 7.17. The van der Waals surface area contributed by atoms with E-state index in [4.69, 9.17) is 16.3 Å². The maximum atomic E-state index is 12.6. The van der Waals surface area contributed by atoms with Gasteiger partial charge in [-0.15, -0.1) is 0 Å². The molecule has 0 saturated carbocycles. The number of methoxy groups -OCH3 is 1. The Labute approximate surface area is 194 Å². The van der Waals surface area contributed by atoms with Gasteiger partial charge in [-0.1, -0.05) is 22.9 Å². The van der Waals surface area contributed by atoms with E-state index < -0.39 is 10.0 Å². The number of hydrogen-bond donors (Lipinski definition) is 2. The van der Waals surface area contributed by atoms with E-state index in [1.54, 1.807) is 18.2 Å². The van der Waals surface area contributed by atoms with E-state index in [0.29, 0.717) is 27.2 Å². The lowest BCUT2D eigenvalue weighted by molar-refractivity contribution is 0.102. The molecule has 0 aliphatic rings. The van der Waals surface area contributed by atoms with Gasteiger partial charge in [0.05, 0.1) is 22.2 Å². The number of amides is 1. The predicted molar refractivity (Wildman–Crippen MR) is 128 cm³/mol. The molecule has 0 spiro atoms. The van der Waals surface area contributed by atoms with Gasteiger partial charge in [-0.05, 0) is 73.2 Å². The molecule has 0 atom stereocenters. The summed E-state index contributed by atoms with van der Waals surface area (Å²) in [5.74, 6) is 0.211. The summed E-state index contributed by atoms with van der Waals surface area (Å²) in [6.07, 6.45) is 0. The van der Waals surface area contributed by atoms with Gasteiger partial charge in [0.2, 0.25) is 0 Å². The fourth-order valence-corrected chi connectivity index (χ4v) is 5.41. The minimum Gasteiger partial charge on any atom is -0.497 e. The van der Waals surface area contributed by atoms with E-state index in [9.17, 15) is 13.2 Å². The summed E-state index contributed by atoms with van der Waals surface area (Å²) in [6.45, 7) is 1.91. The summed E-state index contributed by atoms with van der Waals surface area (Å²) in [7, 11) is -2.26. The van der Waals surface area contributed by atoms with Gasteiger partial charge < -0.3 is 4.74 Å². The molecule has 3 aromatic carbocycles. The Morgan fingerprint density at radius 3 is 2.41 bits per heavy atom. The van der Waals surface area contributed by atoms with Crippen molar-refractivity contribution in [2.24, 2.45) is 0 Å². The molecule has 4 aromatic rings. The Kier molecular flexibility index (Phi) is 6.05. The number of fused-ring (bicyclic) bond motifs is 1. The molecule has 0 radical (unpaired) electrons. The highest BCUT2D eigenvalue weighted by Crippen LogP contribution is 2.31. The lowest BCUT2D eigenvalue weighted by Gasteiger charge is -2.09. The first-order chi connectivity index (χ1) is 15.2. The Morgan fingerprint density at radius 2 is 1.75 bits per heavy atom. The van der Waals surface area contributed by atoms with E-state index in [1.807, 2.05) is 13.0 Å². The van der Waals surface area contributed by atoms with Gasteiger partial charge in [-0.25, -0.2) is 13.4 Å². The summed E-state index contributed by atoms with van der Waals surface area (Å²) in [6, 6.07) is 15.8. The lowest BCUT2D eigenvalue weighted by atomic mass is 10.2. The number of anilines is 2. The Hall–Kier alpha value is -3.14. The Morgan fingerprint density at radius 1 is 1.06 bits per heavy atom. The monoisotopic (exact) mass is 487 g/mol. The fourth-order valence-electron chi connectivity index (χ4n) is 3.04. The van der Waals surface area contributed by atoms with Crippen molar-refractivity contribution in [2.75, 3.05) is 17.1 Å². The molecule has 0 saturated heterocycles. The van der Waals surface area contributed by atoms with E-state index in [0.717, 1.165) is 15.8 Å². The zero-order chi connectivity index (χ0) is 22.9. The summed E-state index contributed by atoms with van der Waals surface area (Å²) < 4.78 is 33.5. The number of aryl methyl sites for hydroxylation is 1. The summed E-state index contributed by atoms with van der Waals surface area (Å²) in [4.78, 5) is 17.2. The number of ether oxygens (including phenoxy) is 1. The van der Waals surface area contributed by atoms with Crippen LogP contribution in [0.3, 0.4) is 0 Å². The first-order valence-electron chi connectivity index (χ1n) is 9.40. The molecule has 0 bridgehead atoms. The van der Waals surface area contributed by atoms with Crippen LogP contribution in [0.5, 0.6) is 5.75 Å². The van der Waals surface area contributed by atoms with Gasteiger partial charge >= 0.3 is 0 Å². The largest absolute Gasteiger partial charge is 0.497 e. The molecule has 0 unspecified atom stereocenters. The molecule has 2 N–H and O–H groups in total. The molecule has 32 heavy (non-hydrogen) atoms. The van der Waals surface area contributed by atoms with E-state index in [-0.39, 0.29) is 10.8 Å². The zero-order valence-corrected chi connectivity index (χ0v) is 19.4. The topological polar surface area (TPSA) is 97.4 Å². The highest BCUT2D eigenvalue weighted by molar-refractivity contribution is 7.92. The highest BCUT2D eigenvalue weighted by atomic mass is 35.5. The molecule has 1 heterocycles. The third-order valence-electron chi connectivity index (χ3n) is 4.64. The van der Waals surface area contributed by atoms with Crippen molar-refractivity contribution in [3.05, 3.63) is 76.8 Å². The number of nitrogens with one attached hydrogen (secondary N) is 2. The number of nitrogens with zero attached hydrogens (tertiary/aromatic N) is 1. The minimum atomic E-state index is -3.77. The molecular weight excluding hydrogens is 470 g/mol. The second kappa shape index (κ2) is 8.78. The van der Waals surface area contributed by atoms with Crippen LogP contribution in [0.15, 0.2) is 65.6 Å². The van der Waals surface area contributed by atoms with Gasteiger partial charge in [0.25, 0.3) is 15.9 Å². The van der Waals surface area contributed by atoms with Crippen molar-refractivity contribution in [3.8, 4) is 5.75 Å². The maximum absolute atomic E-state index is 12.6. The molecule has 7 nitrogen and oxygen atoms in total. The number of carbonyl (C=O) groups excluding carboxylic acids is 1. The Bertz CT molecular complexity index is 1400. The summed E-state index contributed by atoms with van der Waals surface area (Å²) >= 11 is 7.42. The number of aromatic nitrogens is 1. The van der Waals surface area contributed by atoms with Crippen LogP contribution < -0.4 is 14.8 Å². The number of carbonyl (C=O) groups is 1. The van der Waals surface area contributed by atoms with Gasteiger partial charge in [-0.2, -0.15) is 0 Å². The van der Waals surface area contributed by atoms with E-state index >= 15 is 0 Å². The average Bonchev–Trinajstić information content (AvgIpc) is 3.16. The Balaban J connectivity index is 1.47. The molecule has 4 rings (SSSR count). The van der Waals surface area contributed by atoms with Crippen molar-refractivity contribution < 1.29 is 17.9 Å². The SMILES string of the molecule is COc1ccc(S(=O)(=O)Nc2ccc(C(=O)Nc3nc4c(C)cc(Cl)cc4s3)cc2)cc1. The molecule has 0 aliphatic heterocycles. The van der Waals surface area contributed by atoms with Gasteiger partial charge in [0.15, 0.2) is 5.13 Å². The van der Waals surface area contributed by atoms with Crippen LogP contribution in [0.2, 0.25) is 5.02 Å². The lowest BCUT2D eigenvalue weighted by Crippen LogP contribution is -2.14. The molecule has 0 fully saturated rings. The molecule has 164 valence electrons. The molecule has 1 amide bonds. The standard InChI is InChI=1S/C22H18ClN3O4S2/c1-13-11-15(23)12-19-20(13)24-22(31-19)25-21(27)14-3-5-16(6-4-14)26-32(28,29)18-9-7-17(30-2)8-10-18/h3-12,26H,1-2H3,(H,24,25,27). The van der Waals surface area contributed by atoms with Crippen molar-refractivity contribution in [1.29, 1.82) is 0 Å². The number of thiazole rings is 1. The number of rotatable bonds is 6. The highest BCUT2D eigenvalue weighted by Gasteiger charge is 2.16. The zero-order valence-electron chi connectivity index (χ0n) is 17.0. The molecular formula is C22H18ClN3O4S2. The van der Waals surface area contributed by atoms with E-state index in [2.05, 4.69) is 15.0 Å². The van der Waals surface area contributed by atoms with Crippen molar-refractivity contribution in [1.82, 2.24) is 4.98 Å². The second-order valence-corrected chi connectivity index (χ2v) is 10.1. The van der Waals surface area contributed by atoms with E-state index in [1.165, 1.54) is 54.8 Å². The number of halogens is 1. The normalized spacial score (nSPS) is 11.3. The average molecular weight is 488 g/mol. The number of hydrogen-bond acceptors (Lipinski definition) is 6. The quantitative estimate of drug-likeness (QED) is 0.383. The van der Waals surface area contributed by atoms with Gasteiger partial charge in [0, 0.05) is 16.3 Å². The van der Waals surface area contributed by atoms with Crippen LogP contribution in [0.1, 0.15) is 15.9 Å².